The number of hydrogen-bond donors (Lipinski definition) is 1. The predicted octanol–water partition coefficient (Wildman–Crippen LogP) is 0.791. The first-order chi connectivity index (χ1) is 9.75. The zero-order valence-electron chi connectivity index (χ0n) is 12.0. The SMILES string of the molecule is Cc1cc(N2CCCC2C(=O)N2CCNCC2)ccn1. The van der Waals surface area contributed by atoms with Gasteiger partial charge in [-0.3, -0.25) is 9.78 Å². The summed E-state index contributed by atoms with van der Waals surface area (Å²) in [5.74, 6) is 0.290. The van der Waals surface area contributed by atoms with Crippen molar-refractivity contribution in [3.63, 3.8) is 0 Å². The van der Waals surface area contributed by atoms with Crippen LogP contribution in [0.25, 0.3) is 0 Å². The van der Waals surface area contributed by atoms with Crippen LogP contribution in [0, 0.1) is 6.92 Å². The number of piperazine rings is 1. The van der Waals surface area contributed by atoms with E-state index in [1.54, 1.807) is 0 Å². The number of rotatable bonds is 2. The largest absolute Gasteiger partial charge is 0.359 e. The van der Waals surface area contributed by atoms with Crippen molar-refractivity contribution in [3.05, 3.63) is 24.0 Å². The van der Waals surface area contributed by atoms with E-state index in [9.17, 15) is 4.79 Å². The Kier molecular flexibility index (Phi) is 3.87. The summed E-state index contributed by atoms with van der Waals surface area (Å²) in [6.07, 6.45) is 3.88. The fourth-order valence-corrected chi connectivity index (χ4v) is 3.14. The summed E-state index contributed by atoms with van der Waals surface area (Å²) in [6.45, 7) is 6.44. The average molecular weight is 274 g/mol. The highest BCUT2D eigenvalue weighted by Gasteiger charge is 2.34. The minimum absolute atomic E-state index is 0.00917. The minimum Gasteiger partial charge on any atom is -0.359 e. The summed E-state index contributed by atoms with van der Waals surface area (Å²) >= 11 is 0. The molecule has 0 bridgehead atoms. The van der Waals surface area contributed by atoms with E-state index in [4.69, 9.17) is 0 Å². The molecule has 0 aliphatic carbocycles. The lowest BCUT2D eigenvalue weighted by Crippen LogP contribution is -2.52. The van der Waals surface area contributed by atoms with E-state index < -0.39 is 0 Å². The molecule has 5 heteroatoms. The van der Waals surface area contributed by atoms with Gasteiger partial charge in [0.1, 0.15) is 6.04 Å². The highest BCUT2D eigenvalue weighted by Crippen LogP contribution is 2.26. The van der Waals surface area contributed by atoms with Gasteiger partial charge in [0.15, 0.2) is 0 Å². The summed E-state index contributed by atoms with van der Waals surface area (Å²) in [4.78, 5) is 21.2. The molecule has 2 aliphatic heterocycles. The molecule has 20 heavy (non-hydrogen) atoms. The lowest BCUT2D eigenvalue weighted by Gasteiger charge is -2.33. The van der Waals surface area contributed by atoms with Crippen molar-refractivity contribution in [1.82, 2.24) is 15.2 Å². The molecule has 3 rings (SSSR count). The number of carbonyl (C=O) groups is 1. The third-order valence-electron chi connectivity index (χ3n) is 4.18. The van der Waals surface area contributed by atoms with E-state index in [1.807, 2.05) is 24.1 Å². The maximum absolute atomic E-state index is 12.7. The average Bonchev–Trinajstić information content (AvgIpc) is 2.97. The van der Waals surface area contributed by atoms with Gasteiger partial charge in [0.25, 0.3) is 0 Å². The molecule has 0 radical (unpaired) electrons. The van der Waals surface area contributed by atoms with Crippen LogP contribution < -0.4 is 10.2 Å². The Balaban J connectivity index is 1.76. The van der Waals surface area contributed by atoms with Crippen LogP contribution in [-0.2, 0) is 4.79 Å². The third-order valence-corrected chi connectivity index (χ3v) is 4.18. The van der Waals surface area contributed by atoms with Gasteiger partial charge in [-0.15, -0.1) is 0 Å². The summed E-state index contributed by atoms with van der Waals surface area (Å²) in [5.41, 5.74) is 2.13. The van der Waals surface area contributed by atoms with Crippen LogP contribution in [0.5, 0.6) is 0 Å². The molecule has 1 N–H and O–H groups in total. The molecule has 0 saturated carbocycles. The molecule has 2 fully saturated rings. The van der Waals surface area contributed by atoms with Gasteiger partial charge in [-0.1, -0.05) is 0 Å². The van der Waals surface area contributed by atoms with Gasteiger partial charge in [-0.05, 0) is 31.9 Å². The van der Waals surface area contributed by atoms with Crippen LogP contribution >= 0.6 is 0 Å². The van der Waals surface area contributed by atoms with E-state index in [1.165, 1.54) is 0 Å². The summed E-state index contributed by atoms with van der Waals surface area (Å²) in [6, 6.07) is 4.09. The van der Waals surface area contributed by atoms with E-state index >= 15 is 0 Å². The number of aryl methyl sites for hydroxylation is 1. The lowest BCUT2D eigenvalue weighted by molar-refractivity contribution is -0.132. The van der Waals surface area contributed by atoms with Crippen LogP contribution in [0.2, 0.25) is 0 Å². The van der Waals surface area contributed by atoms with Gasteiger partial charge in [0.2, 0.25) is 5.91 Å². The fourth-order valence-electron chi connectivity index (χ4n) is 3.14. The number of nitrogens with one attached hydrogen (secondary N) is 1. The topological polar surface area (TPSA) is 48.5 Å². The Morgan fingerprint density at radius 1 is 1.35 bits per heavy atom. The van der Waals surface area contributed by atoms with Gasteiger partial charge < -0.3 is 15.1 Å². The zero-order valence-corrected chi connectivity index (χ0v) is 12.0. The maximum atomic E-state index is 12.7. The highest BCUT2D eigenvalue weighted by molar-refractivity contribution is 5.86. The van der Waals surface area contributed by atoms with Gasteiger partial charge >= 0.3 is 0 Å². The Labute approximate surface area is 120 Å². The Hall–Kier alpha value is -1.62. The molecule has 2 saturated heterocycles. The van der Waals surface area contributed by atoms with Crippen molar-refractivity contribution in [2.24, 2.45) is 0 Å². The molecule has 3 heterocycles. The first kappa shape index (κ1) is 13.4. The van der Waals surface area contributed by atoms with Crippen molar-refractivity contribution in [3.8, 4) is 0 Å². The van der Waals surface area contributed by atoms with Gasteiger partial charge in [-0.25, -0.2) is 0 Å². The van der Waals surface area contributed by atoms with E-state index in [0.717, 1.165) is 56.9 Å². The van der Waals surface area contributed by atoms with E-state index in [0.29, 0.717) is 5.91 Å². The molecule has 108 valence electrons. The molecular weight excluding hydrogens is 252 g/mol. The predicted molar refractivity (Wildman–Crippen MR) is 78.8 cm³/mol. The number of hydrogen-bond acceptors (Lipinski definition) is 4. The number of anilines is 1. The number of carbonyl (C=O) groups excluding carboxylic acids is 1. The Morgan fingerprint density at radius 3 is 2.90 bits per heavy atom. The van der Waals surface area contributed by atoms with Crippen LogP contribution in [0.4, 0.5) is 5.69 Å². The van der Waals surface area contributed by atoms with Crippen LogP contribution in [-0.4, -0.2) is 54.6 Å². The number of aromatic nitrogens is 1. The van der Waals surface area contributed by atoms with E-state index in [-0.39, 0.29) is 6.04 Å². The molecule has 1 aromatic heterocycles. The first-order valence-electron chi connectivity index (χ1n) is 7.44. The first-order valence-corrected chi connectivity index (χ1v) is 7.44. The molecule has 1 unspecified atom stereocenters. The summed E-state index contributed by atoms with van der Waals surface area (Å²) < 4.78 is 0. The van der Waals surface area contributed by atoms with Gasteiger partial charge in [0, 0.05) is 50.3 Å². The van der Waals surface area contributed by atoms with Crippen LogP contribution in [0.15, 0.2) is 18.3 Å². The van der Waals surface area contributed by atoms with Gasteiger partial charge in [-0.2, -0.15) is 0 Å². The summed E-state index contributed by atoms with van der Waals surface area (Å²) in [5, 5.41) is 3.29. The molecule has 1 amide bonds. The van der Waals surface area contributed by atoms with Crippen molar-refractivity contribution < 1.29 is 4.79 Å². The lowest BCUT2D eigenvalue weighted by atomic mass is 10.1. The Morgan fingerprint density at radius 2 is 2.15 bits per heavy atom. The molecule has 1 atom stereocenters. The second kappa shape index (κ2) is 5.79. The second-order valence-corrected chi connectivity index (χ2v) is 5.58. The molecule has 0 aromatic carbocycles. The summed E-state index contributed by atoms with van der Waals surface area (Å²) in [7, 11) is 0. The van der Waals surface area contributed by atoms with Crippen molar-refractivity contribution >= 4 is 11.6 Å². The smallest absolute Gasteiger partial charge is 0.245 e. The van der Waals surface area contributed by atoms with Crippen molar-refractivity contribution in [2.45, 2.75) is 25.8 Å². The standard InChI is InChI=1S/C15H22N4O/c1-12-11-13(4-5-17-12)19-8-2-3-14(19)15(20)18-9-6-16-7-10-18/h4-5,11,14,16H,2-3,6-10H2,1H3. The second-order valence-electron chi connectivity index (χ2n) is 5.58. The monoisotopic (exact) mass is 274 g/mol. The maximum Gasteiger partial charge on any atom is 0.245 e. The van der Waals surface area contributed by atoms with Crippen molar-refractivity contribution in [1.29, 1.82) is 0 Å². The third kappa shape index (κ3) is 2.63. The highest BCUT2D eigenvalue weighted by atomic mass is 16.2. The number of amides is 1. The molecule has 5 nitrogen and oxygen atoms in total. The van der Waals surface area contributed by atoms with Crippen molar-refractivity contribution in [2.75, 3.05) is 37.6 Å². The van der Waals surface area contributed by atoms with Crippen LogP contribution in [0.1, 0.15) is 18.5 Å². The molecular formula is C15H22N4O. The molecule has 1 aromatic rings. The van der Waals surface area contributed by atoms with Gasteiger partial charge in [0.05, 0.1) is 0 Å². The Bertz CT molecular complexity index is 485. The zero-order chi connectivity index (χ0) is 13.9. The molecule has 0 spiro atoms. The van der Waals surface area contributed by atoms with E-state index in [2.05, 4.69) is 21.3 Å². The minimum atomic E-state index is 0.00917. The molecule has 2 aliphatic rings. The van der Waals surface area contributed by atoms with Crippen LogP contribution in [0.3, 0.4) is 0 Å². The quantitative estimate of drug-likeness (QED) is 0.866. The normalized spacial score (nSPS) is 23.1. The number of pyridine rings is 1. The fraction of sp³-hybridized carbons (Fsp3) is 0.600. The number of nitrogens with zero attached hydrogens (tertiary/aromatic N) is 3.